The first-order chi connectivity index (χ1) is 8.07. The Morgan fingerprint density at radius 3 is 3.00 bits per heavy atom. The maximum Gasteiger partial charge on any atom is 0.294 e. The number of hydrogen-bond donors (Lipinski definition) is 0. The molecule has 4 nitrogen and oxygen atoms in total. The molecule has 0 N–H and O–H groups in total. The second-order valence-electron chi connectivity index (χ2n) is 3.83. The Hall–Kier alpha value is -2.15. The minimum atomic E-state index is -0.435. The number of terminal acetylenes is 1. The average Bonchev–Trinajstić information content (AvgIpc) is 2.29. The smallest absolute Gasteiger partial charge is 0.258 e. The van der Waals surface area contributed by atoms with Crippen LogP contribution in [0.4, 0.5) is 0 Å². The van der Waals surface area contributed by atoms with Crippen molar-refractivity contribution in [3.05, 3.63) is 45.3 Å². The summed E-state index contributed by atoms with van der Waals surface area (Å²) in [5.74, 6) is 2.46. The van der Waals surface area contributed by atoms with Crippen LogP contribution in [0.15, 0.2) is 40.2 Å². The molecule has 1 atom stereocenters. The van der Waals surface area contributed by atoms with E-state index in [0.717, 1.165) is 12.0 Å². The second-order valence-corrected chi connectivity index (χ2v) is 3.83. The van der Waals surface area contributed by atoms with Crippen LogP contribution in [0.5, 0.6) is 0 Å². The number of hydrogen-bond acceptors (Lipinski definition) is 3. The lowest BCUT2D eigenvalue weighted by molar-refractivity contribution is -0.421. The van der Waals surface area contributed by atoms with E-state index in [4.69, 9.17) is 6.42 Å². The molecular weight excluding hydrogens is 216 g/mol. The van der Waals surface area contributed by atoms with Crippen LogP contribution in [0, 0.1) is 28.4 Å². The van der Waals surface area contributed by atoms with Crippen LogP contribution in [0.1, 0.15) is 20.3 Å². The van der Waals surface area contributed by atoms with Gasteiger partial charge in [0.2, 0.25) is 0 Å². The SMILES string of the molecule is C#C\C=N/C1=C(\C)C(C)C/C=C\C=C\1[N+](=O)[O-]. The Bertz CT molecular complexity index is 476. The summed E-state index contributed by atoms with van der Waals surface area (Å²) >= 11 is 0. The molecule has 0 aromatic heterocycles. The number of nitro groups is 1. The Morgan fingerprint density at radius 2 is 2.41 bits per heavy atom. The lowest BCUT2D eigenvalue weighted by Crippen LogP contribution is -2.08. The van der Waals surface area contributed by atoms with Crippen molar-refractivity contribution in [1.82, 2.24) is 0 Å². The molecule has 0 aromatic rings. The van der Waals surface area contributed by atoms with Gasteiger partial charge in [-0.1, -0.05) is 25.0 Å². The minimum Gasteiger partial charge on any atom is -0.258 e. The summed E-state index contributed by atoms with van der Waals surface area (Å²) in [5.41, 5.74) is 1.23. The first kappa shape index (κ1) is 12.9. The zero-order valence-corrected chi connectivity index (χ0v) is 9.88. The molecule has 1 rings (SSSR count). The van der Waals surface area contributed by atoms with Gasteiger partial charge < -0.3 is 0 Å². The fourth-order valence-electron chi connectivity index (χ4n) is 1.55. The van der Waals surface area contributed by atoms with Gasteiger partial charge in [0, 0.05) is 6.08 Å². The molecule has 1 aliphatic carbocycles. The van der Waals surface area contributed by atoms with Gasteiger partial charge in [0.1, 0.15) is 5.70 Å². The van der Waals surface area contributed by atoms with Gasteiger partial charge in [-0.3, -0.25) is 10.1 Å². The fourth-order valence-corrected chi connectivity index (χ4v) is 1.55. The van der Waals surface area contributed by atoms with Crippen LogP contribution < -0.4 is 0 Å². The molecule has 17 heavy (non-hydrogen) atoms. The van der Waals surface area contributed by atoms with E-state index in [1.165, 1.54) is 12.3 Å². The first-order valence-corrected chi connectivity index (χ1v) is 5.29. The summed E-state index contributed by atoms with van der Waals surface area (Å²) in [6, 6.07) is 0. The van der Waals surface area contributed by atoms with Gasteiger partial charge in [-0.15, -0.1) is 6.42 Å². The fraction of sp³-hybridized carbons (Fsp3) is 0.308. The summed E-state index contributed by atoms with van der Waals surface area (Å²) in [5, 5.41) is 11.0. The van der Waals surface area contributed by atoms with Crippen LogP contribution in [0.3, 0.4) is 0 Å². The molecule has 0 aliphatic heterocycles. The molecular formula is C13H14N2O2. The quantitative estimate of drug-likeness (QED) is 0.317. The normalized spacial score (nSPS) is 29.9. The molecule has 0 spiro atoms. The highest BCUT2D eigenvalue weighted by Crippen LogP contribution is 2.26. The van der Waals surface area contributed by atoms with Crippen molar-refractivity contribution < 1.29 is 4.92 Å². The number of rotatable bonds is 2. The van der Waals surface area contributed by atoms with Crippen molar-refractivity contribution in [2.75, 3.05) is 0 Å². The third-order valence-electron chi connectivity index (χ3n) is 2.70. The van der Waals surface area contributed by atoms with Gasteiger partial charge >= 0.3 is 0 Å². The summed E-state index contributed by atoms with van der Waals surface area (Å²) < 4.78 is 0. The Labute approximate surface area is 101 Å². The van der Waals surface area contributed by atoms with Crippen LogP contribution in [0.25, 0.3) is 0 Å². The largest absolute Gasteiger partial charge is 0.294 e. The van der Waals surface area contributed by atoms with Gasteiger partial charge in [0.25, 0.3) is 5.70 Å². The van der Waals surface area contributed by atoms with E-state index < -0.39 is 4.92 Å². The van der Waals surface area contributed by atoms with Crippen molar-refractivity contribution >= 4 is 6.21 Å². The first-order valence-electron chi connectivity index (χ1n) is 5.29. The zero-order chi connectivity index (χ0) is 12.8. The highest BCUT2D eigenvalue weighted by atomic mass is 16.6. The number of allylic oxidation sites excluding steroid dienone is 4. The average molecular weight is 230 g/mol. The Morgan fingerprint density at radius 1 is 1.71 bits per heavy atom. The minimum absolute atomic E-state index is 0.0169. The van der Waals surface area contributed by atoms with Crippen LogP contribution >= 0.6 is 0 Å². The van der Waals surface area contributed by atoms with Gasteiger partial charge in [-0.2, -0.15) is 0 Å². The maximum absolute atomic E-state index is 11.0. The number of aliphatic imine (C=N–C) groups is 1. The van der Waals surface area contributed by atoms with E-state index in [2.05, 4.69) is 10.9 Å². The molecule has 0 saturated carbocycles. The van der Waals surface area contributed by atoms with Gasteiger partial charge in [0.05, 0.1) is 11.1 Å². The lowest BCUT2D eigenvalue weighted by atomic mass is 9.94. The molecule has 0 saturated heterocycles. The van der Waals surface area contributed by atoms with Crippen molar-refractivity contribution in [3.8, 4) is 12.3 Å². The molecule has 88 valence electrons. The highest BCUT2D eigenvalue weighted by molar-refractivity contribution is 5.78. The van der Waals surface area contributed by atoms with Crippen molar-refractivity contribution in [1.29, 1.82) is 0 Å². The van der Waals surface area contributed by atoms with Crippen LogP contribution in [0.2, 0.25) is 0 Å². The molecule has 0 aromatic carbocycles. The van der Waals surface area contributed by atoms with Crippen molar-refractivity contribution in [3.63, 3.8) is 0 Å². The predicted octanol–water partition coefficient (Wildman–Crippen LogP) is 2.72. The van der Waals surface area contributed by atoms with E-state index >= 15 is 0 Å². The van der Waals surface area contributed by atoms with E-state index in [1.807, 2.05) is 19.9 Å². The van der Waals surface area contributed by atoms with Crippen molar-refractivity contribution in [2.45, 2.75) is 20.3 Å². The second kappa shape index (κ2) is 5.80. The third kappa shape index (κ3) is 3.15. The molecule has 0 fully saturated rings. The highest BCUT2D eigenvalue weighted by Gasteiger charge is 2.22. The molecule has 0 bridgehead atoms. The third-order valence-corrected chi connectivity index (χ3v) is 2.70. The Balaban J connectivity index is 3.35. The molecule has 0 heterocycles. The monoisotopic (exact) mass is 230 g/mol. The lowest BCUT2D eigenvalue weighted by Gasteiger charge is -2.13. The molecule has 1 aliphatic rings. The summed E-state index contributed by atoms with van der Waals surface area (Å²) in [6.45, 7) is 3.86. The van der Waals surface area contributed by atoms with Gasteiger partial charge in [-0.05, 0) is 24.8 Å². The molecule has 0 radical (unpaired) electrons. The van der Waals surface area contributed by atoms with Gasteiger partial charge in [0.15, 0.2) is 0 Å². The maximum atomic E-state index is 11.0. The molecule has 1 unspecified atom stereocenters. The summed E-state index contributed by atoms with van der Waals surface area (Å²) in [4.78, 5) is 14.6. The van der Waals surface area contributed by atoms with E-state index in [9.17, 15) is 10.1 Å². The van der Waals surface area contributed by atoms with Crippen molar-refractivity contribution in [2.24, 2.45) is 10.9 Å². The standard InChI is InChI=1S/C13H14N2O2/c1-4-9-14-13-11(3)10(2)7-5-6-8-12(13)15(16)17/h1,5-6,8-10H,7H2,2-3H3/b6-5-,12-8-,13-11+,14-9-. The van der Waals surface area contributed by atoms with E-state index in [-0.39, 0.29) is 11.6 Å². The molecule has 4 heteroatoms. The van der Waals surface area contributed by atoms with E-state index in [0.29, 0.717) is 5.70 Å². The van der Waals surface area contributed by atoms with Crippen LogP contribution in [-0.2, 0) is 0 Å². The predicted molar refractivity (Wildman–Crippen MR) is 68.0 cm³/mol. The van der Waals surface area contributed by atoms with Gasteiger partial charge in [-0.25, -0.2) is 4.99 Å². The zero-order valence-electron chi connectivity index (χ0n) is 9.88. The van der Waals surface area contributed by atoms with Crippen LogP contribution in [-0.4, -0.2) is 11.1 Å². The molecule has 0 amide bonds. The summed E-state index contributed by atoms with van der Waals surface area (Å²) in [6.07, 6.45) is 12.2. The Kier molecular flexibility index (Phi) is 4.41. The van der Waals surface area contributed by atoms with E-state index in [1.54, 1.807) is 6.08 Å². The number of nitrogens with zero attached hydrogens (tertiary/aromatic N) is 2. The topological polar surface area (TPSA) is 55.5 Å². The summed E-state index contributed by atoms with van der Waals surface area (Å²) in [7, 11) is 0.